The van der Waals surface area contributed by atoms with Gasteiger partial charge in [0, 0.05) is 43.8 Å². The first-order chi connectivity index (χ1) is 56.5. The van der Waals surface area contributed by atoms with Crippen molar-refractivity contribution in [3.05, 3.63) is 388 Å². The van der Waals surface area contributed by atoms with Crippen LogP contribution in [0.2, 0.25) is 0 Å². The van der Waals surface area contributed by atoms with Crippen molar-refractivity contribution in [3.63, 3.8) is 0 Å². The molecule has 4 aromatic heterocycles. The van der Waals surface area contributed by atoms with Crippen LogP contribution in [0.25, 0.3) is 233 Å². The fraction of sp³-hybridized carbons (Fsp3) is 0. The lowest BCUT2D eigenvalue weighted by Crippen LogP contribution is -2.02. The Balaban J connectivity index is 0.754. The van der Waals surface area contributed by atoms with E-state index in [1.54, 1.807) is 0 Å². The van der Waals surface area contributed by atoms with E-state index < -0.39 is 0 Å². The maximum atomic E-state index is 6.82. The topological polar surface area (TPSA) is 104 Å². The van der Waals surface area contributed by atoms with Gasteiger partial charge in [-0.05, 0) is 151 Å². The highest BCUT2D eigenvalue weighted by Gasteiger charge is 2.27. The zero-order valence-corrected chi connectivity index (χ0v) is 61.5. The van der Waals surface area contributed by atoms with Crippen LogP contribution in [0, 0.1) is 0 Å². The molecule has 0 aliphatic carbocycles. The van der Waals surface area contributed by atoms with E-state index in [9.17, 15) is 0 Å². The third-order valence-electron chi connectivity index (χ3n) is 22.5. The van der Waals surface area contributed by atoms with Crippen molar-refractivity contribution in [1.82, 2.24) is 29.9 Å². The van der Waals surface area contributed by atoms with Crippen LogP contribution in [0.4, 0.5) is 0 Å². The number of nitrogens with zero attached hydrogens (tertiary/aromatic N) is 6. The predicted molar refractivity (Wildman–Crippen MR) is 468 cm³/mol. The van der Waals surface area contributed by atoms with Crippen molar-refractivity contribution in [3.8, 4) is 146 Å². The second-order valence-corrected chi connectivity index (χ2v) is 29.1. The summed E-state index contributed by atoms with van der Waals surface area (Å²) in [7, 11) is 0. The van der Waals surface area contributed by atoms with Crippen molar-refractivity contribution in [2.24, 2.45) is 0 Å². The third kappa shape index (κ3) is 11.5. The molecule has 0 fully saturated rings. The molecule has 0 saturated heterocycles. The number of aromatic nitrogens is 6. The Morgan fingerprint density at radius 3 is 0.947 bits per heavy atom. The van der Waals surface area contributed by atoms with Crippen LogP contribution in [-0.2, 0) is 0 Å². The molecule has 8 nitrogen and oxygen atoms in total. The molecular formula is C106H64N6O2. The summed E-state index contributed by atoms with van der Waals surface area (Å²) in [5.41, 5.74) is 23.0. The van der Waals surface area contributed by atoms with E-state index in [1.807, 2.05) is 36.4 Å². The zero-order chi connectivity index (χ0) is 75.2. The Bertz CT molecular complexity index is 7560. The largest absolute Gasteiger partial charge is 0.455 e. The molecule has 0 atom stereocenters. The Hall–Kier alpha value is -15.4. The van der Waals surface area contributed by atoms with Crippen LogP contribution in [0.15, 0.2) is 397 Å². The summed E-state index contributed by atoms with van der Waals surface area (Å²) in [6.45, 7) is 0. The van der Waals surface area contributed by atoms with E-state index in [0.717, 1.165) is 176 Å². The Labute approximate surface area is 656 Å². The number of para-hydroxylation sites is 4. The van der Waals surface area contributed by atoms with Gasteiger partial charge in [-0.15, -0.1) is 0 Å². The number of rotatable bonds is 13. The van der Waals surface area contributed by atoms with E-state index >= 15 is 0 Å². The predicted octanol–water partition coefficient (Wildman–Crippen LogP) is 28.1. The summed E-state index contributed by atoms with van der Waals surface area (Å²) in [6, 6.07) is 137. The highest BCUT2D eigenvalue weighted by Crippen LogP contribution is 2.48. The molecule has 0 spiro atoms. The molecule has 0 N–H and O–H groups in total. The maximum Gasteiger partial charge on any atom is 0.167 e. The van der Waals surface area contributed by atoms with E-state index in [4.69, 9.17) is 38.7 Å². The maximum absolute atomic E-state index is 6.82. The molecule has 0 bridgehead atoms. The summed E-state index contributed by atoms with van der Waals surface area (Å²) >= 11 is 0. The fourth-order valence-electron chi connectivity index (χ4n) is 16.9. The van der Waals surface area contributed by atoms with Gasteiger partial charge in [-0.3, -0.25) is 0 Å². The van der Waals surface area contributed by atoms with Gasteiger partial charge < -0.3 is 8.83 Å². The summed E-state index contributed by atoms with van der Waals surface area (Å²) < 4.78 is 13.6. The van der Waals surface area contributed by atoms with Gasteiger partial charge in [-0.25, -0.2) is 29.9 Å². The summed E-state index contributed by atoms with van der Waals surface area (Å²) in [5.74, 6) is 3.05. The summed E-state index contributed by atoms with van der Waals surface area (Å²) in [5, 5.41) is 12.4. The van der Waals surface area contributed by atoms with Gasteiger partial charge in [0.1, 0.15) is 22.3 Å². The first-order valence-electron chi connectivity index (χ1n) is 38.4. The van der Waals surface area contributed by atoms with Crippen molar-refractivity contribution in [2.45, 2.75) is 0 Å². The molecule has 22 rings (SSSR count). The average Bonchev–Trinajstić information content (AvgIpc) is 0.881. The lowest BCUT2D eigenvalue weighted by atomic mass is 9.86. The van der Waals surface area contributed by atoms with E-state index in [0.29, 0.717) is 46.1 Å². The van der Waals surface area contributed by atoms with Gasteiger partial charge in [-0.1, -0.05) is 358 Å². The van der Waals surface area contributed by atoms with Crippen LogP contribution in [0.1, 0.15) is 0 Å². The average molecular weight is 1450 g/mol. The summed E-state index contributed by atoms with van der Waals surface area (Å²) in [4.78, 5) is 33.7. The minimum atomic E-state index is 0.488. The standard InChI is InChI=1S/C106H64N6O2/c1-3-20-65(21-4-1)68-42-46-70(47-43-68)72-50-55-75(56-51-72)101-107-103(93-38-18-36-91-86-29-11-13-40-95(86)113-99(91)93)111-105(109-101)97-80(78-59-54-67-24-7-8-26-77(67)64-78)60-61-84-82(32-16-34-88(84)97)83-33-17-35-89-85(83)62-63-90(81-31-15-27-74-25-9-10-28-79(74)81)98(89)106-110-102(108-104(112-106)94-39-19-37-92-87-30-12-14-41-96(87)114-100(92)94)76-57-52-73(53-58-76)71-48-44-69(45-49-71)66-22-5-2-6-23-66/h1-64H. The van der Waals surface area contributed by atoms with Crippen molar-refractivity contribution < 1.29 is 8.83 Å². The molecule has 530 valence electrons. The lowest BCUT2D eigenvalue weighted by Gasteiger charge is -2.19. The quantitative estimate of drug-likeness (QED) is 0.112. The van der Waals surface area contributed by atoms with Crippen LogP contribution in [0.3, 0.4) is 0 Å². The second-order valence-electron chi connectivity index (χ2n) is 29.1. The van der Waals surface area contributed by atoms with Crippen LogP contribution in [-0.4, -0.2) is 29.9 Å². The molecule has 4 heterocycles. The molecule has 0 unspecified atom stereocenters. The Kier molecular flexibility index (Phi) is 15.7. The molecular weight excluding hydrogens is 1390 g/mol. The number of hydrogen-bond donors (Lipinski definition) is 0. The second kappa shape index (κ2) is 27.3. The SMILES string of the molecule is c1ccc(-c2ccc(-c3ccc(-c4nc(-c5c(-c6ccc7ccccc7c6)ccc6c(-c7cccc8c(-c9nc(-c%10ccc(-c%11ccc(-c%12ccccc%12)cc%11)cc%10)nc(-c%10cccc%11c%10oc%10ccccc%10%11)n9)c(-c9cccc%10ccccc9%10)ccc78)cccc56)nc(-c5cccc6c5oc5ccccc56)n4)cc3)cc2)cc1. The first kappa shape index (κ1) is 65.7. The van der Waals surface area contributed by atoms with Gasteiger partial charge in [0.05, 0.1) is 11.1 Å². The van der Waals surface area contributed by atoms with Crippen LogP contribution < -0.4 is 0 Å². The normalized spacial score (nSPS) is 11.7. The number of furan rings is 2. The Morgan fingerprint density at radius 2 is 0.465 bits per heavy atom. The van der Waals surface area contributed by atoms with E-state index in [1.165, 1.54) is 11.1 Å². The monoisotopic (exact) mass is 1450 g/mol. The highest BCUT2D eigenvalue weighted by molar-refractivity contribution is 6.17. The van der Waals surface area contributed by atoms with Crippen LogP contribution >= 0.6 is 0 Å². The van der Waals surface area contributed by atoms with E-state index in [2.05, 4.69) is 352 Å². The van der Waals surface area contributed by atoms with Gasteiger partial charge >= 0.3 is 0 Å². The van der Waals surface area contributed by atoms with Gasteiger partial charge in [0.15, 0.2) is 34.9 Å². The molecule has 114 heavy (non-hydrogen) atoms. The number of fused-ring (bicyclic) bond motifs is 10. The summed E-state index contributed by atoms with van der Waals surface area (Å²) in [6.07, 6.45) is 0. The number of hydrogen-bond acceptors (Lipinski definition) is 8. The van der Waals surface area contributed by atoms with Gasteiger partial charge in [-0.2, -0.15) is 0 Å². The minimum Gasteiger partial charge on any atom is -0.455 e. The minimum absolute atomic E-state index is 0.488. The van der Waals surface area contributed by atoms with Gasteiger partial charge in [0.2, 0.25) is 0 Å². The highest BCUT2D eigenvalue weighted by atomic mass is 16.3. The molecule has 0 aliphatic rings. The smallest absolute Gasteiger partial charge is 0.167 e. The molecule has 22 aromatic rings. The molecule has 0 amide bonds. The Morgan fingerprint density at radius 1 is 0.149 bits per heavy atom. The van der Waals surface area contributed by atoms with E-state index in [-0.39, 0.29) is 0 Å². The van der Waals surface area contributed by atoms with Crippen molar-refractivity contribution >= 4 is 87.0 Å². The van der Waals surface area contributed by atoms with Crippen LogP contribution in [0.5, 0.6) is 0 Å². The number of benzene rings is 18. The zero-order valence-electron chi connectivity index (χ0n) is 61.5. The van der Waals surface area contributed by atoms with Crippen molar-refractivity contribution in [2.75, 3.05) is 0 Å². The molecule has 18 aromatic carbocycles. The van der Waals surface area contributed by atoms with Gasteiger partial charge in [0.25, 0.3) is 0 Å². The molecule has 0 radical (unpaired) electrons. The lowest BCUT2D eigenvalue weighted by molar-refractivity contribution is 0.669. The first-order valence-corrected chi connectivity index (χ1v) is 38.4. The third-order valence-corrected chi connectivity index (χ3v) is 22.5. The fourth-order valence-corrected chi connectivity index (χ4v) is 16.9. The van der Waals surface area contributed by atoms with Crippen molar-refractivity contribution in [1.29, 1.82) is 0 Å². The molecule has 8 heteroatoms. The molecule has 0 saturated carbocycles. The molecule has 0 aliphatic heterocycles.